The fourth-order valence-electron chi connectivity index (χ4n) is 2.91. The van der Waals surface area contributed by atoms with E-state index in [2.05, 4.69) is 16.0 Å². The Hall–Kier alpha value is -3.79. The number of halogens is 7. The molecule has 0 aliphatic rings. The summed E-state index contributed by atoms with van der Waals surface area (Å²) in [7, 11) is 0. The van der Waals surface area contributed by atoms with Crippen LogP contribution < -0.4 is 9.47 Å². The van der Waals surface area contributed by atoms with Crippen LogP contribution >= 0.6 is 11.6 Å². The molecule has 0 saturated heterocycles. The minimum atomic E-state index is -4.58. The fraction of sp³-hybridized carbons (Fsp3) is 0.0833. The summed E-state index contributed by atoms with van der Waals surface area (Å²) >= 11 is 5.87. The van der Waals surface area contributed by atoms with Crippen molar-refractivity contribution >= 4 is 11.6 Å². The van der Waals surface area contributed by atoms with Crippen molar-refractivity contribution in [2.24, 2.45) is 0 Å². The van der Waals surface area contributed by atoms with E-state index < -0.39 is 23.5 Å². The molecule has 0 N–H and O–H groups in total. The van der Waals surface area contributed by atoms with E-state index in [0.29, 0.717) is 29.3 Å². The summed E-state index contributed by atoms with van der Waals surface area (Å²) in [6, 6.07) is 16.9. The molecule has 0 fully saturated rings. The number of rotatable bonds is 5. The van der Waals surface area contributed by atoms with Crippen LogP contribution in [0.5, 0.6) is 23.3 Å². The summed E-state index contributed by atoms with van der Waals surface area (Å²) in [6.07, 6.45) is -7.80. The molecule has 179 valence electrons. The molecule has 0 atom stereocenters. The second-order valence-corrected chi connectivity index (χ2v) is 7.44. The van der Waals surface area contributed by atoms with Crippen molar-refractivity contribution in [2.45, 2.75) is 12.4 Å². The maximum absolute atomic E-state index is 12.8. The Morgan fingerprint density at radius 3 is 2.06 bits per heavy atom. The summed E-state index contributed by atoms with van der Waals surface area (Å²) in [4.78, 5) is 7.32. The summed E-state index contributed by atoms with van der Waals surface area (Å²) in [5, 5.41) is -0.306. The zero-order valence-corrected chi connectivity index (χ0v) is 18.0. The molecular weight excluding hydrogens is 498 g/mol. The molecular formula is C24H12ClF6N2O2. The molecule has 0 spiro atoms. The Morgan fingerprint density at radius 1 is 0.771 bits per heavy atom. The van der Waals surface area contributed by atoms with Crippen LogP contribution in [0.25, 0.3) is 11.1 Å². The first-order chi connectivity index (χ1) is 16.5. The number of alkyl halides is 6. The van der Waals surface area contributed by atoms with E-state index in [1.54, 1.807) is 30.3 Å². The molecule has 0 aliphatic carbocycles. The van der Waals surface area contributed by atoms with E-state index in [9.17, 15) is 26.3 Å². The zero-order chi connectivity index (χ0) is 25.2. The first-order valence-electron chi connectivity index (χ1n) is 9.73. The lowest BCUT2D eigenvalue weighted by atomic mass is 10.0. The third-order valence-corrected chi connectivity index (χ3v) is 4.86. The molecule has 2 aromatic carbocycles. The fourth-order valence-corrected chi connectivity index (χ4v) is 3.11. The minimum Gasteiger partial charge on any atom is -0.438 e. The average molecular weight is 510 g/mol. The van der Waals surface area contributed by atoms with Gasteiger partial charge in [-0.3, -0.25) is 0 Å². The van der Waals surface area contributed by atoms with Crippen LogP contribution in [-0.4, -0.2) is 9.97 Å². The number of hydrogen-bond donors (Lipinski definition) is 0. The topological polar surface area (TPSA) is 44.2 Å². The van der Waals surface area contributed by atoms with Crippen molar-refractivity contribution in [3.05, 3.63) is 95.3 Å². The molecule has 1 radical (unpaired) electrons. The van der Waals surface area contributed by atoms with E-state index in [-0.39, 0.29) is 22.5 Å². The van der Waals surface area contributed by atoms with Crippen LogP contribution in [0.4, 0.5) is 26.3 Å². The van der Waals surface area contributed by atoms with Gasteiger partial charge in [0.1, 0.15) is 16.5 Å². The van der Waals surface area contributed by atoms with Crippen molar-refractivity contribution in [3.63, 3.8) is 0 Å². The molecule has 0 saturated carbocycles. The van der Waals surface area contributed by atoms with E-state index in [1.807, 2.05) is 0 Å². The van der Waals surface area contributed by atoms with Gasteiger partial charge in [0.2, 0.25) is 11.8 Å². The van der Waals surface area contributed by atoms with Gasteiger partial charge in [0.05, 0.1) is 11.1 Å². The van der Waals surface area contributed by atoms with Gasteiger partial charge in [-0.2, -0.15) is 26.3 Å². The molecule has 4 nitrogen and oxygen atoms in total. The highest BCUT2D eigenvalue weighted by Gasteiger charge is 2.32. The van der Waals surface area contributed by atoms with Crippen LogP contribution in [0.15, 0.2) is 73.1 Å². The standard InChI is InChI=1S/C24H12ClF6N2O2/c25-19-11-16(24(29,30)31)13-33-22(19)34-17-8-5-14(6-9-17)18-3-1-2-4-20(18)35-21-10-7-15(12-32-21)23(26,27)28/h1-2,4-13H. The highest BCUT2D eigenvalue weighted by atomic mass is 35.5. The molecule has 0 amide bonds. The Morgan fingerprint density at radius 2 is 1.46 bits per heavy atom. The van der Waals surface area contributed by atoms with Gasteiger partial charge in [0.25, 0.3) is 0 Å². The minimum absolute atomic E-state index is 0.0400. The molecule has 2 heterocycles. The van der Waals surface area contributed by atoms with Gasteiger partial charge in [0, 0.05) is 24.0 Å². The number of ether oxygens (including phenoxy) is 2. The number of aromatic nitrogens is 2. The highest BCUT2D eigenvalue weighted by Crippen LogP contribution is 2.37. The average Bonchev–Trinajstić information content (AvgIpc) is 2.80. The summed E-state index contributed by atoms with van der Waals surface area (Å²) < 4.78 is 87.6. The number of benzene rings is 2. The van der Waals surface area contributed by atoms with Gasteiger partial charge >= 0.3 is 12.4 Å². The molecule has 4 rings (SSSR count). The van der Waals surface area contributed by atoms with Gasteiger partial charge in [0.15, 0.2) is 0 Å². The Labute approximate surface area is 199 Å². The normalized spacial score (nSPS) is 11.9. The predicted octanol–water partition coefficient (Wildman–Crippen LogP) is 8.22. The quantitative estimate of drug-likeness (QED) is 0.254. The second kappa shape index (κ2) is 9.46. The molecule has 0 unspecified atom stereocenters. The van der Waals surface area contributed by atoms with E-state index >= 15 is 0 Å². The monoisotopic (exact) mass is 509 g/mol. The Bertz CT molecular complexity index is 1320. The summed E-state index contributed by atoms with van der Waals surface area (Å²) in [5.41, 5.74) is -0.791. The van der Waals surface area contributed by atoms with Crippen LogP contribution in [0.1, 0.15) is 11.1 Å². The van der Waals surface area contributed by atoms with Crippen LogP contribution in [0.3, 0.4) is 0 Å². The lowest BCUT2D eigenvalue weighted by Gasteiger charge is -2.12. The molecule has 35 heavy (non-hydrogen) atoms. The highest BCUT2D eigenvalue weighted by molar-refractivity contribution is 6.31. The number of hydrogen-bond acceptors (Lipinski definition) is 4. The zero-order valence-electron chi connectivity index (χ0n) is 17.3. The van der Waals surface area contributed by atoms with Crippen LogP contribution in [-0.2, 0) is 12.4 Å². The number of nitrogens with zero attached hydrogens (tertiary/aromatic N) is 2. The molecule has 2 aromatic heterocycles. The van der Waals surface area contributed by atoms with Crippen molar-refractivity contribution in [1.82, 2.24) is 9.97 Å². The molecule has 0 aliphatic heterocycles. The van der Waals surface area contributed by atoms with Crippen molar-refractivity contribution in [1.29, 1.82) is 0 Å². The smallest absolute Gasteiger partial charge is 0.417 e. The Balaban J connectivity index is 1.52. The SMILES string of the molecule is FC(F)(F)c1ccc(Oc2ccc[c]c2-c2ccc(Oc3ncc(C(F)(F)F)cc3Cl)cc2)nc1. The van der Waals surface area contributed by atoms with Crippen molar-refractivity contribution in [2.75, 3.05) is 0 Å². The second-order valence-electron chi connectivity index (χ2n) is 7.03. The first-order valence-corrected chi connectivity index (χ1v) is 10.1. The maximum Gasteiger partial charge on any atom is 0.417 e. The molecule has 11 heteroatoms. The van der Waals surface area contributed by atoms with Crippen molar-refractivity contribution < 1.29 is 35.8 Å². The van der Waals surface area contributed by atoms with Crippen LogP contribution in [0.2, 0.25) is 5.02 Å². The van der Waals surface area contributed by atoms with Gasteiger partial charge in [-0.25, -0.2) is 9.97 Å². The maximum atomic E-state index is 12.8. The summed E-state index contributed by atoms with van der Waals surface area (Å²) in [6.45, 7) is 0. The lowest BCUT2D eigenvalue weighted by Crippen LogP contribution is -2.05. The molecule has 0 bridgehead atoms. The van der Waals surface area contributed by atoms with E-state index in [4.69, 9.17) is 21.1 Å². The third kappa shape index (κ3) is 5.83. The largest absolute Gasteiger partial charge is 0.438 e. The number of pyridine rings is 2. The predicted molar refractivity (Wildman–Crippen MR) is 114 cm³/mol. The van der Waals surface area contributed by atoms with Gasteiger partial charge in [-0.05, 0) is 42.0 Å². The lowest BCUT2D eigenvalue weighted by molar-refractivity contribution is -0.138. The van der Waals surface area contributed by atoms with Gasteiger partial charge < -0.3 is 9.47 Å². The third-order valence-electron chi connectivity index (χ3n) is 4.59. The van der Waals surface area contributed by atoms with E-state index in [1.165, 1.54) is 12.1 Å². The van der Waals surface area contributed by atoms with Gasteiger partial charge in [-0.15, -0.1) is 0 Å². The molecule has 4 aromatic rings. The first kappa shape index (κ1) is 24.3. The van der Waals surface area contributed by atoms with E-state index in [0.717, 1.165) is 18.2 Å². The van der Waals surface area contributed by atoms with Crippen molar-refractivity contribution in [3.8, 4) is 34.4 Å². The summed E-state index contributed by atoms with van der Waals surface area (Å²) in [5.74, 6) is 0.310. The Kier molecular flexibility index (Phi) is 6.58. The van der Waals surface area contributed by atoms with Gasteiger partial charge in [-0.1, -0.05) is 35.9 Å². The van der Waals surface area contributed by atoms with Crippen LogP contribution in [0, 0.1) is 6.07 Å².